The number of amides is 1. The molecule has 1 amide bonds. The fourth-order valence-electron chi connectivity index (χ4n) is 4.38. The van der Waals surface area contributed by atoms with Crippen LogP contribution in [-0.2, 0) is 29.2 Å². The highest BCUT2D eigenvalue weighted by molar-refractivity contribution is 7.89. The fraction of sp³-hybridized carbons (Fsp3) is 0.267. The number of methoxy groups -OCH3 is 1. The smallest absolute Gasteiger partial charge is 0.310 e. The summed E-state index contributed by atoms with van der Waals surface area (Å²) in [6.07, 6.45) is -0.405. The van der Waals surface area contributed by atoms with Crippen LogP contribution in [-0.4, -0.2) is 44.3 Å². The van der Waals surface area contributed by atoms with Gasteiger partial charge < -0.3 is 14.9 Å². The van der Waals surface area contributed by atoms with E-state index in [1.165, 1.54) is 13.2 Å². The van der Waals surface area contributed by atoms with Crippen LogP contribution in [0.3, 0.4) is 0 Å². The van der Waals surface area contributed by atoms with Crippen LogP contribution >= 0.6 is 0 Å². The van der Waals surface area contributed by atoms with Crippen molar-refractivity contribution >= 4 is 33.3 Å². The molecule has 0 saturated heterocycles. The first kappa shape index (κ1) is 29.5. The molecule has 10 nitrogen and oxygen atoms in total. The van der Waals surface area contributed by atoms with Gasteiger partial charge in [-0.3, -0.25) is 9.59 Å². The van der Waals surface area contributed by atoms with Crippen LogP contribution in [0.25, 0.3) is 11.1 Å². The molecule has 1 aliphatic heterocycles. The summed E-state index contributed by atoms with van der Waals surface area (Å²) in [5.41, 5.74) is 0.640. The number of oxime groups is 1. The molecular weight excluding hydrogens is 544 g/mol. The average molecular weight is 575 g/mol. The number of rotatable bonds is 8. The third kappa shape index (κ3) is 6.80. The van der Waals surface area contributed by atoms with Crippen molar-refractivity contribution in [2.24, 2.45) is 5.16 Å². The quantitative estimate of drug-likeness (QED) is 0.380. The van der Waals surface area contributed by atoms with E-state index in [1.54, 1.807) is 87.5 Å². The molecule has 1 aliphatic rings. The maximum absolute atomic E-state index is 13.5. The predicted molar refractivity (Wildman–Crippen MR) is 153 cm³/mol. The Balaban J connectivity index is 1.57. The number of esters is 1. The van der Waals surface area contributed by atoms with Gasteiger partial charge in [-0.25, -0.2) is 13.1 Å². The van der Waals surface area contributed by atoms with Crippen molar-refractivity contribution in [1.29, 1.82) is 5.26 Å². The molecule has 0 aliphatic carbocycles. The summed E-state index contributed by atoms with van der Waals surface area (Å²) in [4.78, 5) is 31.5. The lowest BCUT2D eigenvalue weighted by Gasteiger charge is -2.24. The van der Waals surface area contributed by atoms with E-state index in [2.05, 4.69) is 21.3 Å². The van der Waals surface area contributed by atoms with Gasteiger partial charge in [-0.1, -0.05) is 47.6 Å². The minimum atomic E-state index is -3.80. The van der Waals surface area contributed by atoms with Crippen LogP contribution < -0.4 is 10.0 Å². The normalized spacial score (nSPS) is 16.7. The molecular formula is C30H30N4O6S. The lowest BCUT2D eigenvalue weighted by Crippen LogP contribution is -2.45. The van der Waals surface area contributed by atoms with Gasteiger partial charge in [-0.05, 0) is 56.7 Å². The fourth-order valence-corrected chi connectivity index (χ4v) is 6.03. The molecule has 1 heterocycles. The molecule has 1 atom stereocenters. The summed E-state index contributed by atoms with van der Waals surface area (Å²) >= 11 is 0. The lowest BCUT2D eigenvalue weighted by atomic mass is 9.89. The highest BCUT2D eigenvalue weighted by Gasteiger charge is 2.49. The second kappa shape index (κ2) is 11.5. The molecule has 0 bridgehead atoms. The molecule has 41 heavy (non-hydrogen) atoms. The number of carbonyl (C=O) groups excluding carboxylic acids is 2. The van der Waals surface area contributed by atoms with E-state index in [-0.39, 0.29) is 17.7 Å². The number of benzene rings is 3. The third-order valence-corrected chi connectivity index (χ3v) is 8.07. The molecule has 2 N–H and O–H groups in total. The molecule has 11 heteroatoms. The number of nitrogens with one attached hydrogen (secondary N) is 2. The monoisotopic (exact) mass is 574 g/mol. The number of hydrogen-bond donors (Lipinski definition) is 2. The molecule has 3 aromatic rings. The lowest BCUT2D eigenvalue weighted by molar-refractivity contribution is -0.155. The van der Waals surface area contributed by atoms with Gasteiger partial charge in [0, 0.05) is 28.8 Å². The minimum absolute atomic E-state index is 0.0209. The number of anilines is 1. The molecule has 4 rings (SSSR count). The Morgan fingerprint density at radius 1 is 1.05 bits per heavy atom. The Hall–Kier alpha value is -4.53. The Bertz CT molecular complexity index is 1650. The topological polar surface area (TPSA) is 147 Å². The van der Waals surface area contributed by atoms with Crippen LogP contribution in [0.1, 0.15) is 44.7 Å². The van der Waals surface area contributed by atoms with Gasteiger partial charge in [0.1, 0.15) is 0 Å². The third-order valence-electron chi connectivity index (χ3n) is 6.25. The highest BCUT2D eigenvalue weighted by atomic mass is 32.2. The summed E-state index contributed by atoms with van der Waals surface area (Å²) in [5, 5.41) is 16.1. The Labute approximate surface area is 239 Å². The summed E-state index contributed by atoms with van der Waals surface area (Å²) < 4.78 is 33.6. The minimum Gasteiger partial charge on any atom is -0.469 e. The first-order valence-corrected chi connectivity index (χ1v) is 14.2. The SMILES string of the molecule is COC(=O)CC1(C(=O)Nc2ccc(-c3ccccc3S(=O)(=O)NC(C)(C)C)cc2)CC(c2cccc(C#N)c2)=NO1. The van der Waals surface area contributed by atoms with E-state index < -0.39 is 33.0 Å². The molecule has 212 valence electrons. The van der Waals surface area contributed by atoms with E-state index >= 15 is 0 Å². The number of nitrogens with zero attached hydrogens (tertiary/aromatic N) is 2. The van der Waals surface area contributed by atoms with Crippen molar-refractivity contribution < 1.29 is 27.6 Å². The van der Waals surface area contributed by atoms with E-state index in [0.29, 0.717) is 33.7 Å². The van der Waals surface area contributed by atoms with E-state index in [4.69, 9.17) is 9.57 Å². The van der Waals surface area contributed by atoms with Crippen molar-refractivity contribution in [3.8, 4) is 17.2 Å². The predicted octanol–water partition coefficient (Wildman–Crippen LogP) is 4.37. The van der Waals surface area contributed by atoms with Crippen molar-refractivity contribution in [1.82, 2.24) is 4.72 Å². The molecule has 0 spiro atoms. The Morgan fingerprint density at radius 3 is 2.41 bits per heavy atom. The first-order valence-electron chi connectivity index (χ1n) is 12.7. The zero-order chi connectivity index (χ0) is 29.8. The maximum atomic E-state index is 13.5. The van der Waals surface area contributed by atoms with E-state index in [0.717, 1.165) is 0 Å². The van der Waals surface area contributed by atoms with Crippen LogP contribution in [0.15, 0.2) is 82.8 Å². The van der Waals surface area contributed by atoms with Crippen molar-refractivity contribution in [3.05, 3.63) is 83.9 Å². The van der Waals surface area contributed by atoms with Gasteiger partial charge in [0.2, 0.25) is 15.6 Å². The molecule has 0 saturated carbocycles. The Morgan fingerprint density at radius 2 is 1.76 bits per heavy atom. The van der Waals surface area contributed by atoms with E-state index in [9.17, 15) is 23.3 Å². The highest BCUT2D eigenvalue weighted by Crippen LogP contribution is 2.33. The van der Waals surface area contributed by atoms with Gasteiger partial charge in [0.15, 0.2) is 0 Å². The van der Waals surface area contributed by atoms with Crippen LogP contribution in [0.5, 0.6) is 0 Å². The average Bonchev–Trinajstić information content (AvgIpc) is 3.37. The van der Waals surface area contributed by atoms with E-state index in [1.807, 2.05) is 0 Å². The van der Waals surface area contributed by atoms with Crippen LogP contribution in [0.2, 0.25) is 0 Å². The molecule has 3 aromatic carbocycles. The van der Waals surface area contributed by atoms with Gasteiger partial charge in [0.25, 0.3) is 5.91 Å². The number of ether oxygens (including phenoxy) is 1. The van der Waals surface area contributed by atoms with Gasteiger partial charge in [0.05, 0.1) is 35.8 Å². The van der Waals surface area contributed by atoms with Gasteiger partial charge in [-0.2, -0.15) is 5.26 Å². The van der Waals surface area contributed by atoms with Crippen molar-refractivity contribution in [2.75, 3.05) is 12.4 Å². The largest absolute Gasteiger partial charge is 0.469 e. The molecule has 1 unspecified atom stereocenters. The Kier molecular flexibility index (Phi) is 8.28. The molecule has 0 radical (unpaired) electrons. The summed E-state index contributed by atoms with van der Waals surface area (Å²) in [7, 11) is -2.59. The van der Waals surface area contributed by atoms with Gasteiger partial charge in [-0.15, -0.1) is 0 Å². The zero-order valence-corrected chi connectivity index (χ0v) is 23.9. The number of carbonyl (C=O) groups is 2. The summed E-state index contributed by atoms with van der Waals surface area (Å²) in [5.74, 6) is -1.26. The van der Waals surface area contributed by atoms with Crippen LogP contribution in [0, 0.1) is 11.3 Å². The van der Waals surface area contributed by atoms with Gasteiger partial charge >= 0.3 is 5.97 Å². The second-order valence-electron chi connectivity index (χ2n) is 10.6. The van der Waals surface area contributed by atoms with Crippen LogP contribution in [0.4, 0.5) is 5.69 Å². The summed E-state index contributed by atoms with van der Waals surface area (Å²) in [6.45, 7) is 5.30. The number of nitriles is 1. The second-order valence-corrected chi connectivity index (χ2v) is 12.3. The van der Waals surface area contributed by atoms with Crippen molar-refractivity contribution in [2.45, 2.75) is 49.6 Å². The molecule has 0 fully saturated rings. The first-order chi connectivity index (χ1) is 19.4. The number of hydrogen-bond acceptors (Lipinski definition) is 8. The zero-order valence-electron chi connectivity index (χ0n) is 23.1. The molecule has 0 aromatic heterocycles. The van der Waals surface area contributed by atoms with Crippen molar-refractivity contribution in [3.63, 3.8) is 0 Å². The standard InChI is InChI=1S/C30H30N4O6S/c1-29(2,3)34-41(37,38)26-11-6-5-10-24(26)21-12-14-23(15-13-21)32-28(36)30(18-27(35)39-4)17-25(33-40-30)22-9-7-8-20(16-22)19-31/h5-16,34H,17-18H2,1-4H3,(H,32,36). The maximum Gasteiger partial charge on any atom is 0.310 e. The summed E-state index contributed by atoms with van der Waals surface area (Å²) in [6, 6.07) is 22.1. The number of sulfonamides is 1.